The molecular weight excluding hydrogens is 364 g/mol. The molecule has 0 aliphatic heterocycles. The summed E-state index contributed by atoms with van der Waals surface area (Å²) in [5.41, 5.74) is 4.11. The molecule has 0 unspecified atom stereocenters. The lowest BCUT2D eigenvalue weighted by atomic mass is 10.1. The van der Waals surface area contributed by atoms with E-state index in [1.807, 2.05) is 29.2 Å². The summed E-state index contributed by atoms with van der Waals surface area (Å²) in [6.07, 6.45) is 2.06. The zero-order chi connectivity index (χ0) is 20.6. The van der Waals surface area contributed by atoms with Gasteiger partial charge in [-0.1, -0.05) is 42.0 Å². The van der Waals surface area contributed by atoms with Crippen molar-refractivity contribution < 1.29 is 14.3 Å². The second kappa shape index (κ2) is 9.94. The minimum Gasteiger partial charge on any atom is -0.496 e. The minimum absolute atomic E-state index is 0.0668. The fourth-order valence-corrected chi connectivity index (χ4v) is 3.40. The second-order valence-corrected chi connectivity index (χ2v) is 7.04. The van der Waals surface area contributed by atoms with Gasteiger partial charge in [-0.2, -0.15) is 0 Å². The number of hydrogen-bond acceptors (Lipinski definition) is 3. The molecule has 0 bridgehead atoms. The topological polar surface area (TPSA) is 43.7 Å². The van der Waals surface area contributed by atoms with Gasteiger partial charge in [-0.3, -0.25) is 4.79 Å². The summed E-state index contributed by atoms with van der Waals surface area (Å²) < 4.78 is 12.8. The highest BCUT2D eigenvalue weighted by Gasteiger charge is 2.20. The van der Waals surface area contributed by atoms with E-state index in [4.69, 9.17) is 9.47 Å². The van der Waals surface area contributed by atoms with E-state index in [0.717, 1.165) is 12.2 Å². The maximum absolute atomic E-state index is 13.3. The number of carbonyl (C=O) groups is 1. The Bertz CT molecular complexity index is 949. The van der Waals surface area contributed by atoms with Gasteiger partial charge in [0, 0.05) is 32.1 Å². The van der Waals surface area contributed by atoms with Crippen molar-refractivity contribution >= 4 is 5.91 Å². The highest BCUT2D eigenvalue weighted by Crippen LogP contribution is 2.21. The quantitative estimate of drug-likeness (QED) is 0.550. The lowest BCUT2D eigenvalue weighted by Gasteiger charge is -2.24. The number of nitrogens with zero attached hydrogens (tertiary/aromatic N) is 2. The molecule has 0 radical (unpaired) electrons. The van der Waals surface area contributed by atoms with Crippen molar-refractivity contribution in [2.75, 3.05) is 27.4 Å². The van der Waals surface area contributed by atoms with Crippen LogP contribution < -0.4 is 4.74 Å². The van der Waals surface area contributed by atoms with Crippen molar-refractivity contribution in [2.24, 2.45) is 0 Å². The number of aromatic nitrogens is 1. The van der Waals surface area contributed by atoms with E-state index in [0.29, 0.717) is 31.0 Å². The molecule has 152 valence electrons. The number of benzene rings is 2. The first-order valence-corrected chi connectivity index (χ1v) is 9.73. The summed E-state index contributed by atoms with van der Waals surface area (Å²) in [5, 5.41) is 0. The predicted octanol–water partition coefficient (Wildman–Crippen LogP) is 4.14. The van der Waals surface area contributed by atoms with Crippen molar-refractivity contribution in [3.05, 3.63) is 89.2 Å². The Hall–Kier alpha value is -3.05. The Morgan fingerprint density at radius 3 is 2.62 bits per heavy atom. The smallest absolute Gasteiger partial charge is 0.258 e. The van der Waals surface area contributed by atoms with Crippen LogP contribution in [0.2, 0.25) is 0 Å². The van der Waals surface area contributed by atoms with Crippen molar-refractivity contribution in [1.82, 2.24) is 9.47 Å². The number of methoxy groups -OCH3 is 2. The van der Waals surface area contributed by atoms with E-state index in [2.05, 4.69) is 48.0 Å². The van der Waals surface area contributed by atoms with Crippen molar-refractivity contribution in [1.29, 1.82) is 0 Å². The monoisotopic (exact) mass is 392 g/mol. The van der Waals surface area contributed by atoms with E-state index in [-0.39, 0.29) is 5.91 Å². The summed E-state index contributed by atoms with van der Waals surface area (Å²) >= 11 is 0. The number of para-hydroxylation sites is 1. The Morgan fingerprint density at radius 2 is 1.86 bits per heavy atom. The summed E-state index contributed by atoms with van der Waals surface area (Å²) in [6.45, 7) is 4.34. The Labute approximate surface area is 172 Å². The maximum Gasteiger partial charge on any atom is 0.258 e. The second-order valence-electron chi connectivity index (χ2n) is 7.04. The summed E-state index contributed by atoms with van der Waals surface area (Å²) in [5.74, 6) is 0.512. The molecule has 0 atom stereocenters. The molecule has 0 aliphatic rings. The number of ether oxygens (including phenoxy) is 2. The first-order chi connectivity index (χ1) is 14.1. The van der Waals surface area contributed by atoms with Crippen molar-refractivity contribution in [3.63, 3.8) is 0 Å². The lowest BCUT2D eigenvalue weighted by Crippen LogP contribution is -2.34. The minimum atomic E-state index is -0.0668. The van der Waals surface area contributed by atoms with E-state index in [1.54, 1.807) is 20.3 Å². The molecule has 29 heavy (non-hydrogen) atoms. The number of hydrogen-bond donors (Lipinski definition) is 0. The third-order valence-electron chi connectivity index (χ3n) is 4.90. The van der Waals surface area contributed by atoms with Gasteiger partial charge in [-0.25, -0.2) is 0 Å². The van der Waals surface area contributed by atoms with E-state index < -0.39 is 0 Å². The first kappa shape index (κ1) is 20.7. The molecule has 1 amide bonds. The predicted molar refractivity (Wildman–Crippen MR) is 114 cm³/mol. The van der Waals surface area contributed by atoms with Crippen LogP contribution >= 0.6 is 0 Å². The van der Waals surface area contributed by atoms with Crippen LogP contribution in [-0.4, -0.2) is 42.7 Å². The van der Waals surface area contributed by atoms with Crippen LogP contribution in [0.1, 0.15) is 27.2 Å². The molecule has 5 heteroatoms. The van der Waals surface area contributed by atoms with Crippen LogP contribution in [0.15, 0.2) is 66.9 Å². The van der Waals surface area contributed by atoms with Gasteiger partial charge >= 0.3 is 0 Å². The van der Waals surface area contributed by atoms with Gasteiger partial charge in [0.1, 0.15) is 5.75 Å². The van der Waals surface area contributed by atoms with E-state index in [1.165, 1.54) is 11.1 Å². The molecule has 0 N–H and O–H groups in total. The Kier molecular flexibility index (Phi) is 7.09. The van der Waals surface area contributed by atoms with Gasteiger partial charge in [0.25, 0.3) is 5.91 Å². The van der Waals surface area contributed by atoms with Crippen LogP contribution in [0.5, 0.6) is 5.75 Å². The van der Waals surface area contributed by atoms with E-state index >= 15 is 0 Å². The third-order valence-corrected chi connectivity index (χ3v) is 4.90. The molecule has 0 saturated carbocycles. The summed E-state index contributed by atoms with van der Waals surface area (Å²) in [6, 6.07) is 19.9. The summed E-state index contributed by atoms with van der Waals surface area (Å²) in [4.78, 5) is 15.1. The van der Waals surface area contributed by atoms with Crippen LogP contribution in [0.25, 0.3) is 0 Å². The molecule has 0 aliphatic carbocycles. The standard InChI is InChI=1S/C24H28N2O3/c1-19-8-6-9-20(16-19)17-25-13-7-10-21(25)18-26(14-15-28-2)24(27)22-11-4-5-12-23(22)29-3/h4-13,16H,14-15,17-18H2,1-3H3. The van der Waals surface area contributed by atoms with Crippen molar-refractivity contribution in [2.45, 2.75) is 20.0 Å². The third kappa shape index (κ3) is 5.27. The van der Waals surface area contributed by atoms with Crippen LogP contribution in [-0.2, 0) is 17.8 Å². The Morgan fingerprint density at radius 1 is 1.03 bits per heavy atom. The normalized spacial score (nSPS) is 10.7. The molecule has 0 spiro atoms. The van der Waals surface area contributed by atoms with Crippen LogP contribution in [0.4, 0.5) is 0 Å². The van der Waals surface area contributed by atoms with Gasteiger partial charge in [0.15, 0.2) is 0 Å². The highest BCUT2D eigenvalue weighted by atomic mass is 16.5. The van der Waals surface area contributed by atoms with Crippen LogP contribution in [0, 0.1) is 6.92 Å². The summed E-state index contributed by atoms with van der Waals surface area (Å²) in [7, 11) is 3.23. The molecule has 5 nitrogen and oxygen atoms in total. The lowest BCUT2D eigenvalue weighted by molar-refractivity contribution is 0.0673. The number of carbonyl (C=O) groups excluding carboxylic acids is 1. The SMILES string of the molecule is COCCN(Cc1cccn1Cc1cccc(C)c1)C(=O)c1ccccc1OC. The molecular formula is C24H28N2O3. The average molecular weight is 392 g/mol. The van der Waals surface area contributed by atoms with Gasteiger partial charge < -0.3 is 18.9 Å². The van der Waals surface area contributed by atoms with Crippen LogP contribution in [0.3, 0.4) is 0 Å². The Balaban J connectivity index is 1.82. The molecule has 0 fully saturated rings. The molecule has 1 heterocycles. The average Bonchev–Trinajstić information content (AvgIpc) is 3.17. The molecule has 0 saturated heterocycles. The zero-order valence-electron chi connectivity index (χ0n) is 17.3. The number of aryl methyl sites for hydroxylation is 1. The van der Waals surface area contributed by atoms with Gasteiger partial charge in [-0.15, -0.1) is 0 Å². The zero-order valence-corrected chi connectivity index (χ0v) is 17.3. The van der Waals surface area contributed by atoms with Crippen molar-refractivity contribution in [3.8, 4) is 5.75 Å². The van der Waals surface area contributed by atoms with Gasteiger partial charge in [0.05, 0.1) is 25.8 Å². The molecule has 1 aromatic heterocycles. The number of rotatable bonds is 9. The van der Waals surface area contributed by atoms with Gasteiger partial charge in [0.2, 0.25) is 0 Å². The maximum atomic E-state index is 13.3. The molecule has 3 rings (SSSR count). The molecule has 3 aromatic rings. The first-order valence-electron chi connectivity index (χ1n) is 9.73. The highest BCUT2D eigenvalue weighted by molar-refractivity contribution is 5.96. The fraction of sp³-hybridized carbons (Fsp3) is 0.292. The molecule has 2 aromatic carbocycles. The van der Waals surface area contributed by atoms with E-state index in [9.17, 15) is 4.79 Å². The number of amides is 1. The van der Waals surface area contributed by atoms with Gasteiger partial charge in [-0.05, 0) is 36.8 Å². The fourth-order valence-electron chi connectivity index (χ4n) is 3.40. The largest absolute Gasteiger partial charge is 0.496 e.